The minimum atomic E-state index is -4.38. The Morgan fingerprint density at radius 3 is 2.28 bits per heavy atom. The number of alkyl halides is 3. The van der Waals surface area contributed by atoms with Crippen molar-refractivity contribution in [1.82, 2.24) is 0 Å². The first-order chi connectivity index (χ1) is 8.39. The Morgan fingerprint density at radius 2 is 1.83 bits per heavy atom. The molecular formula is C13H13F3O2. The molecule has 0 saturated heterocycles. The molecule has 5 heteroatoms. The molecule has 0 radical (unpaired) electrons. The topological polar surface area (TPSA) is 37.3 Å². The summed E-state index contributed by atoms with van der Waals surface area (Å²) >= 11 is 0. The highest BCUT2D eigenvalue weighted by Crippen LogP contribution is 2.35. The molecule has 0 aliphatic heterocycles. The van der Waals surface area contributed by atoms with Crippen molar-refractivity contribution in [2.75, 3.05) is 0 Å². The molecule has 2 atom stereocenters. The second-order valence-corrected chi connectivity index (χ2v) is 4.53. The number of hydrogen-bond acceptors (Lipinski definition) is 2. The van der Waals surface area contributed by atoms with Gasteiger partial charge in [0.1, 0.15) is 5.78 Å². The molecule has 0 spiro atoms. The molecule has 98 valence electrons. The molecule has 2 nitrogen and oxygen atoms in total. The van der Waals surface area contributed by atoms with E-state index in [1.54, 1.807) is 0 Å². The molecule has 1 fully saturated rings. The van der Waals surface area contributed by atoms with Crippen LogP contribution >= 0.6 is 0 Å². The Balaban J connectivity index is 2.17. The summed E-state index contributed by atoms with van der Waals surface area (Å²) in [5, 5.41) is 9.98. The number of Topliss-reactive ketones (excluding diaryl/α,β-unsaturated/α-hetero) is 1. The van der Waals surface area contributed by atoms with E-state index in [0.29, 0.717) is 18.4 Å². The maximum atomic E-state index is 12.4. The smallest absolute Gasteiger partial charge is 0.388 e. The third-order valence-corrected chi connectivity index (χ3v) is 3.31. The van der Waals surface area contributed by atoms with Gasteiger partial charge in [-0.15, -0.1) is 0 Å². The highest BCUT2D eigenvalue weighted by molar-refractivity contribution is 5.83. The van der Waals surface area contributed by atoms with Crippen LogP contribution in [0, 0.1) is 5.92 Å². The fourth-order valence-corrected chi connectivity index (χ4v) is 2.28. The maximum Gasteiger partial charge on any atom is 0.416 e. The monoisotopic (exact) mass is 258 g/mol. The van der Waals surface area contributed by atoms with Crippen molar-refractivity contribution < 1.29 is 23.1 Å². The summed E-state index contributed by atoms with van der Waals surface area (Å²) < 4.78 is 37.1. The van der Waals surface area contributed by atoms with Crippen LogP contribution in [-0.2, 0) is 11.0 Å². The van der Waals surface area contributed by atoms with Gasteiger partial charge in [-0.3, -0.25) is 4.79 Å². The zero-order valence-corrected chi connectivity index (χ0v) is 9.57. The number of benzene rings is 1. The van der Waals surface area contributed by atoms with Gasteiger partial charge in [-0.05, 0) is 30.5 Å². The fourth-order valence-electron chi connectivity index (χ4n) is 2.28. The lowest BCUT2D eigenvalue weighted by atomic mass is 9.93. The lowest BCUT2D eigenvalue weighted by Gasteiger charge is -2.17. The van der Waals surface area contributed by atoms with E-state index in [-0.39, 0.29) is 5.78 Å². The van der Waals surface area contributed by atoms with Crippen LogP contribution in [0.1, 0.15) is 36.5 Å². The van der Waals surface area contributed by atoms with Crippen LogP contribution in [0.15, 0.2) is 24.3 Å². The number of halogens is 3. The first-order valence-electron chi connectivity index (χ1n) is 5.77. The molecule has 1 aliphatic rings. The zero-order chi connectivity index (χ0) is 13.3. The number of rotatable bonds is 2. The SMILES string of the molecule is O=C1CCC[C@H]1[C@H](O)c1ccc(C(F)(F)F)cc1. The van der Waals surface area contributed by atoms with Crippen LogP contribution in [-0.4, -0.2) is 10.9 Å². The molecule has 1 aliphatic carbocycles. The minimum Gasteiger partial charge on any atom is -0.388 e. The van der Waals surface area contributed by atoms with Gasteiger partial charge in [-0.25, -0.2) is 0 Å². The van der Waals surface area contributed by atoms with E-state index in [1.165, 1.54) is 12.1 Å². The van der Waals surface area contributed by atoms with E-state index < -0.39 is 23.8 Å². The molecule has 0 unspecified atom stereocenters. The third-order valence-electron chi connectivity index (χ3n) is 3.31. The lowest BCUT2D eigenvalue weighted by molar-refractivity contribution is -0.137. The van der Waals surface area contributed by atoms with Crippen molar-refractivity contribution in [2.24, 2.45) is 5.92 Å². The van der Waals surface area contributed by atoms with Crippen molar-refractivity contribution >= 4 is 5.78 Å². The van der Waals surface area contributed by atoms with Crippen molar-refractivity contribution in [3.8, 4) is 0 Å². The van der Waals surface area contributed by atoms with Crippen molar-refractivity contribution in [1.29, 1.82) is 0 Å². The average Bonchev–Trinajstić information content (AvgIpc) is 2.73. The van der Waals surface area contributed by atoms with E-state index >= 15 is 0 Å². The first kappa shape index (κ1) is 13.1. The predicted octanol–water partition coefficient (Wildman–Crippen LogP) is 3.11. The lowest BCUT2D eigenvalue weighted by Crippen LogP contribution is -2.17. The van der Waals surface area contributed by atoms with Gasteiger partial charge in [0.15, 0.2) is 0 Å². The first-order valence-corrected chi connectivity index (χ1v) is 5.77. The predicted molar refractivity (Wildman–Crippen MR) is 58.8 cm³/mol. The highest BCUT2D eigenvalue weighted by atomic mass is 19.4. The Morgan fingerprint density at radius 1 is 1.22 bits per heavy atom. The summed E-state index contributed by atoms with van der Waals surface area (Å²) in [6.07, 6.45) is -3.60. The van der Waals surface area contributed by atoms with Gasteiger partial charge in [-0.1, -0.05) is 12.1 Å². The summed E-state index contributed by atoms with van der Waals surface area (Å²) in [4.78, 5) is 11.5. The molecule has 1 N–H and O–H groups in total. The van der Waals surface area contributed by atoms with E-state index in [4.69, 9.17) is 0 Å². The summed E-state index contributed by atoms with van der Waals surface area (Å²) in [5.41, 5.74) is -0.389. The summed E-state index contributed by atoms with van der Waals surface area (Å²) in [7, 11) is 0. The van der Waals surface area contributed by atoms with Gasteiger partial charge in [0.25, 0.3) is 0 Å². The number of carbonyl (C=O) groups excluding carboxylic acids is 1. The quantitative estimate of drug-likeness (QED) is 0.885. The second kappa shape index (κ2) is 4.72. The van der Waals surface area contributed by atoms with Gasteiger partial charge < -0.3 is 5.11 Å². The van der Waals surface area contributed by atoms with E-state index in [2.05, 4.69) is 0 Å². The van der Waals surface area contributed by atoms with E-state index in [1.807, 2.05) is 0 Å². The van der Waals surface area contributed by atoms with Crippen LogP contribution in [0.5, 0.6) is 0 Å². The average molecular weight is 258 g/mol. The Hall–Kier alpha value is -1.36. The van der Waals surface area contributed by atoms with Crippen LogP contribution in [0.3, 0.4) is 0 Å². The van der Waals surface area contributed by atoms with Crippen molar-refractivity contribution in [3.63, 3.8) is 0 Å². The largest absolute Gasteiger partial charge is 0.416 e. The van der Waals surface area contributed by atoms with Gasteiger partial charge in [0.2, 0.25) is 0 Å². The van der Waals surface area contributed by atoms with Crippen LogP contribution in [0.4, 0.5) is 13.2 Å². The normalized spacial score (nSPS) is 22.2. The molecular weight excluding hydrogens is 245 g/mol. The van der Waals surface area contributed by atoms with Crippen LogP contribution in [0.2, 0.25) is 0 Å². The van der Waals surface area contributed by atoms with E-state index in [9.17, 15) is 23.1 Å². The molecule has 1 saturated carbocycles. The van der Waals surface area contributed by atoms with Crippen LogP contribution in [0.25, 0.3) is 0 Å². The van der Waals surface area contributed by atoms with Crippen molar-refractivity contribution in [3.05, 3.63) is 35.4 Å². The molecule has 0 heterocycles. The van der Waals surface area contributed by atoms with Gasteiger partial charge >= 0.3 is 6.18 Å². The molecule has 0 amide bonds. The fraction of sp³-hybridized carbons (Fsp3) is 0.462. The number of carbonyl (C=O) groups is 1. The standard InChI is InChI=1S/C13H13F3O2/c14-13(15,16)9-6-4-8(5-7-9)12(18)10-2-1-3-11(10)17/h4-7,10,12,18H,1-3H2/t10-,12-/m1/s1. The molecule has 1 aromatic rings. The maximum absolute atomic E-state index is 12.4. The summed E-state index contributed by atoms with van der Waals surface area (Å²) in [6.45, 7) is 0. The molecule has 2 rings (SSSR count). The number of ketones is 1. The zero-order valence-electron chi connectivity index (χ0n) is 9.57. The minimum absolute atomic E-state index is 0.0117. The van der Waals surface area contributed by atoms with Gasteiger partial charge in [0, 0.05) is 12.3 Å². The second-order valence-electron chi connectivity index (χ2n) is 4.53. The van der Waals surface area contributed by atoms with Gasteiger partial charge in [0.05, 0.1) is 11.7 Å². The molecule has 0 aromatic heterocycles. The van der Waals surface area contributed by atoms with Crippen molar-refractivity contribution in [2.45, 2.75) is 31.5 Å². The number of aliphatic hydroxyl groups excluding tert-OH is 1. The Kier molecular flexibility index (Phi) is 3.43. The highest BCUT2D eigenvalue weighted by Gasteiger charge is 2.33. The number of hydrogen-bond donors (Lipinski definition) is 1. The van der Waals surface area contributed by atoms with Crippen LogP contribution < -0.4 is 0 Å². The molecule has 0 bridgehead atoms. The Bertz CT molecular complexity index is 437. The molecule has 1 aromatic carbocycles. The van der Waals surface area contributed by atoms with E-state index in [0.717, 1.165) is 18.6 Å². The van der Waals surface area contributed by atoms with Gasteiger partial charge in [-0.2, -0.15) is 13.2 Å². The third kappa shape index (κ3) is 2.56. The molecule has 18 heavy (non-hydrogen) atoms. The summed E-state index contributed by atoms with van der Waals surface area (Å²) in [6, 6.07) is 4.33. The Labute approximate surface area is 102 Å². The summed E-state index contributed by atoms with van der Waals surface area (Å²) in [5.74, 6) is -0.482. The number of aliphatic hydroxyl groups is 1.